The van der Waals surface area contributed by atoms with Gasteiger partial charge in [-0.2, -0.15) is 8.78 Å². The standard InChI is InChI=1S/C28H24F3N5O4S/c1-13-5-17-7-19(40-27(30)31)12-34-25(17)20(6-13)26-35-22-8-21(29)23(9-24(22)41-26)39-15(3)14(2)36(28(37)38)18-10-32-16(4)33-11-18/h5-12,14-15,27H,1-4H3,(H,37,38)/t14-,15+/m1/s1. The number of hydrogen-bond donors (Lipinski definition) is 1. The Balaban J connectivity index is 1.45. The summed E-state index contributed by atoms with van der Waals surface area (Å²) in [6.45, 7) is 3.87. The zero-order valence-corrected chi connectivity index (χ0v) is 23.1. The molecule has 13 heteroatoms. The van der Waals surface area contributed by atoms with Crippen LogP contribution in [-0.2, 0) is 0 Å². The van der Waals surface area contributed by atoms with E-state index < -0.39 is 30.7 Å². The van der Waals surface area contributed by atoms with E-state index in [0.29, 0.717) is 37.5 Å². The number of alkyl halides is 2. The summed E-state index contributed by atoms with van der Waals surface area (Å²) in [5, 5.41) is 11.0. The van der Waals surface area contributed by atoms with Gasteiger partial charge in [-0.3, -0.25) is 9.88 Å². The van der Waals surface area contributed by atoms with Gasteiger partial charge in [-0.05, 0) is 51.5 Å². The van der Waals surface area contributed by atoms with Gasteiger partial charge in [0.1, 0.15) is 22.7 Å². The number of amides is 1. The van der Waals surface area contributed by atoms with E-state index in [0.717, 1.165) is 10.5 Å². The highest BCUT2D eigenvalue weighted by atomic mass is 32.1. The van der Waals surface area contributed by atoms with Crippen LogP contribution < -0.4 is 14.4 Å². The molecule has 0 fully saturated rings. The summed E-state index contributed by atoms with van der Waals surface area (Å²) in [4.78, 5) is 30.1. The molecule has 1 amide bonds. The second-order valence-electron chi connectivity index (χ2n) is 9.41. The Bertz CT molecular complexity index is 1750. The van der Waals surface area contributed by atoms with E-state index in [-0.39, 0.29) is 17.2 Å². The molecule has 5 rings (SSSR count). The van der Waals surface area contributed by atoms with Gasteiger partial charge in [0.05, 0.1) is 46.1 Å². The van der Waals surface area contributed by atoms with Crippen LogP contribution in [0.5, 0.6) is 11.5 Å². The van der Waals surface area contributed by atoms with E-state index in [1.807, 2.05) is 13.0 Å². The first kappa shape index (κ1) is 28.0. The molecule has 0 aliphatic heterocycles. The summed E-state index contributed by atoms with van der Waals surface area (Å²) in [6, 6.07) is 7.22. The zero-order valence-electron chi connectivity index (χ0n) is 22.3. The number of pyridine rings is 1. The Morgan fingerprint density at radius 2 is 1.73 bits per heavy atom. The lowest BCUT2D eigenvalue weighted by atomic mass is 10.1. The minimum Gasteiger partial charge on any atom is -0.485 e. The number of thiazole rings is 1. The van der Waals surface area contributed by atoms with Gasteiger partial charge in [-0.1, -0.05) is 0 Å². The molecule has 0 bridgehead atoms. The number of benzene rings is 2. The van der Waals surface area contributed by atoms with Crippen LogP contribution in [0.25, 0.3) is 31.7 Å². The van der Waals surface area contributed by atoms with E-state index in [2.05, 4.69) is 24.7 Å². The largest absolute Gasteiger partial charge is 0.485 e. The molecule has 212 valence electrons. The van der Waals surface area contributed by atoms with Crippen molar-refractivity contribution in [2.24, 2.45) is 0 Å². The average Bonchev–Trinajstić information content (AvgIpc) is 3.31. The maximum atomic E-state index is 15.1. The summed E-state index contributed by atoms with van der Waals surface area (Å²) < 4.78 is 51.5. The third-order valence-corrected chi connectivity index (χ3v) is 7.50. The Kier molecular flexibility index (Phi) is 7.63. The third-order valence-electron chi connectivity index (χ3n) is 6.45. The first-order valence-corrected chi connectivity index (χ1v) is 13.2. The van der Waals surface area contributed by atoms with Gasteiger partial charge in [0.15, 0.2) is 11.6 Å². The maximum absolute atomic E-state index is 15.1. The molecule has 0 saturated carbocycles. The van der Waals surface area contributed by atoms with Crippen molar-refractivity contribution < 1.29 is 32.5 Å². The first-order chi connectivity index (χ1) is 19.5. The Morgan fingerprint density at radius 1 is 1.00 bits per heavy atom. The van der Waals surface area contributed by atoms with Gasteiger partial charge < -0.3 is 14.6 Å². The third kappa shape index (κ3) is 5.85. The minimum atomic E-state index is -2.97. The van der Waals surface area contributed by atoms with Crippen molar-refractivity contribution in [3.8, 4) is 22.1 Å². The van der Waals surface area contributed by atoms with Crippen molar-refractivity contribution in [3.05, 3.63) is 66.1 Å². The molecule has 9 nitrogen and oxygen atoms in total. The zero-order chi connectivity index (χ0) is 29.4. The van der Waals surface area contributed by atoms with E-state index in [9.17, 15) is 18.7 Å². The number of fused-ring (bicyclic) bond motifs is 2. The maximum Gasteiger partial charge on any atom is 0.412 e. The molecule has 1 N–H and O–H groups in total. The highest BCUT2D eigenvalue weighted by Crippen LogP contribution is 2.38. The topological polar surface area (TPSA) is 111 Å². The van der Waals surface area contributed by atoms with Crippen molar-refractivity contribution >= 4 is 44.2 Å². The van der Waals surface area contributed by atoms with Crippen LogP contribution >= 0.6 is 11.3 Å². The predicted octanol–water partition coefficient (Wildman–Crippen LogP) is 7.00. The molecule has 41 heavy (non-hydrogen) atoms. The molecule has 0 unspecified atom stereocenters. The second kappa shape index (κ2) is 11.2. The molecule has 2 aromatic carbocycles. The Hall–Kier alpha value is -4.52. The first-order valence-electron chi connectivity index (χ1n) is 12.4. The Labute approximate surface area is 236 Å². The molecule has 3 aromatic heterocycles. The molecule has 0 saturated heterocycles. The molecule has 5 aromatic rings. The number of aryl methyl sites for hydroxylation is 2. The van der Waals surface area contributed by atoms with Gasteiger partial charge >= 0.3 is 12.7 Å². The lowest BCUT2D eigenvalue weighted by Gasteiger charge is -2.30. The molecular weight excluding hydrogens is 559 g/mol. The van der Waals surface area contributed by atoms with Crippen LogP contribution in [-0.4, -0.2) is 49.9 Å². The summed E-state index contributed by atoms with van der Waals surface area (Å²) in [5.41, 5.74) is 2.70. The van der Waals surface area contributed by atoms with Crippen molar-refractivity contribution in [3.63, 3.8) is 0 Å². The van der Waals surface area contributed by atoms with Crippen molar-refractivity contribution in [1.29, 1.82) is 0 Å². The summed E-state index contributed by atoms with van der Waals surface area (Å²) >= 11 is 1.29. The molecule has 0 radical (unpaired) electrons. The van der Waals surface area contributed by atoms with Gasteiger partial charge in [0.25, 0.3) is 0 Å². The van der Waals surface area contributed by atoms with Crippen LogP contribution in [0.1, 0.15) is 25.2 Å². The second-order valence-corrected chi connectivity index (χ2v) is 10.4. The fourth-order valence-electron chi connectivity index (χ4n) is 4.38. The van der Waals surface area contributed by atoms with Gasteiger partial charge in [-0.15, -0.1) is 11.3 Å². The van der Waals surface area contributed by atoms with Gasteiger partial charge in [0.2, 0.25) is 0 Å². The van der Waals surface area contributed by atoms with Crippen LogP contribution in [0.15, 0.2) is 48.9 Å². The summed E-state index contributed by atoms with van der Waals surface area (Å²) in [5.74, 6) is -0.277. The SMILES string of the molecule is Cc1cc(-c2nc3cc(F)c(O[C@@H](C)[C@@H](C)N(C(=O)O)c4cnc(C)nc4)cc3s2)c2ncc(OC(F)F)cc2c1. The lowest BCUT2D eigenvalue weighted by Crippen LogP contribution is -2.46. The van der Waals surface area contributed by atoms with Crippen LogP contribution in [0.2, 0.25) is 0 Å². The minimum absolute atomic E-state index is 0.0569. The highest BCUT2D eigenvalue weighted by Gasteiger charge is 2.29. The number of hydrogen-bond acceptors (Lipinski definition) is 8. The lowest BCUT2D eigenvalue weighted by molar-refractivity contribution is -0.0499. The van der Waals surface area contributed by atoms with E-state index in [4.69, 9.17) is 4.74 Å². The van der Waals surface area contributed by atoms with Crippen molar-refractivity contribution in [1.82, 2.24) is 19.9 Å². The number of aromatic nitrogens is 4. The van der Waals surface area contributed by atoms with Crippen LogP contribution in [0.3, 0.4) is 0 Å². The molecule has 2 atom stereocenters. The number of nitrogens with zero attached hydrogens (tertiary/aromatic N) is 5. The molecular formula is C28H24F3N5O4S. The predicted molar refractivity (Wildman–Crippen MR) is 149 cm³/mol. The van der Waals surface area contributed by atoms with Crippen LogP contribution in [0, 0.1) is 19.7 Å². The smallest absolute Gasteiger partial charge is 0.412 e. The summed E-state index contributed by atoms with van der Waals surface area (Å²) in [6.07, 6.45) is 2.05. The number of carboxylic acid groups (broad SMARTS) is 1. The fourth-order valence-corrected chi connectivity index (χ4v) is 5.38. The summed E-state index contributed by atoms with van der Waals surface area (Å²) in [7, 11) is 0. The van der Waals surface area contributed by atoms with Gasteiger partial charge in [-0.25, -0.2) is 24.1 Å². The monoisotopic (exact) mass is 583 g/mol. The highest BCUT2D eigenvalue weighted by molar-refractivity contribution is 7.21. The number of rotatable bonds is 8. The Morgan fingerprint density at radius 3 is 2.41 bits per heavy atom. The molecule has 0 spiro atoms. The van der Waals surface area contributed by atoms with Gasteiger partial charge in [0, 0.05) is 23.1 Å². The normalized spacial score (nSPS) is 13.0. The number of carbonyl (C=O) groups is 1. The van der Waals surface area contributed by atoms with E-state index in [1.54, 1.807) is 26.8 Å². The van der Waals surface area contributed by atoms with E-state index in [1.165, 1.54) is 48.1 Å². The fraction of sp³-hybridized carbons (Fsp3) is 0.250. The van der Waals surface area contributed by atoms with Crippen LogP contribution in [0.4, 0.5) is 23.7 Å². The van der Waals surface area contributed by atoms with E-state index >= 15 is 4.39 Å². The quantitative estimate of drug-likeness (QED) is 0.208. The molecule has 3 heterocycles. The molecule has 0 aliphatic rings. The molecule has 0 aliphatic carbocycles. The van der Waals surface area contributed by atoms with Crippen molar-refractivity contribution in [2.75, 3.05) is 4.90 Å². The number of halogens is 3. The number of anilines is 1. The van der Waals surface area contributed by atoms with Crippen molar-refractivity contribution in [2.45, 2.75) is 46.5 Å². The number of ether oxygens (including phenoxy) is 2. The average molecular weight is 584 g/mol.